The monoisotopic (exact) mass is 491 g/mol. The molecule has 0 fully saturated rings. The lowest BCUT2D eigenvalue weighted by molar-refractivity contribution is 0.0970. The van der Waals surface area contributed by atoms with E-state index >= 15 is 0 Å². The molecular weight excluding hydrogens is 469 g/mol. The molecule has 1 amide bonds. The van der Waals surface area contributed by atoms with Gasteiger partial charge in [0, 0.05) is 6.42 Å². The second-order valence-corrected chi connectivity index (χ2v) is 9.68. The molecule has 1 aliphatic heterocycles. The number of benzene rings is 2. The van der Waals surface area contributed by atoms with Gasteiger partial charge in [-0.15, -0.1) is 10.2 Å². The first-order chi connectivity index (χ1) is 16.9. The van der Waals surface area contributed by atoms with Gasteiger partial charge in [-0.25, -0.2) is 4.39 Å². The molecule has 0 N–H and O–H groups in total. The summed E-state index contributed by atoms with van der Waals surface area (Å²) >= 11 is 1.30. The molecule has 0 bridgehead atoms. The fourth-order valence-corrected chi connectivity index (χ4v) is 5.21. The number of hydrogen-bond acceptors (Lipinski definition) is 7. The third-order valence-corrected chi connectivity index (χ3v) is 6.59. The minimum absolute atomic E-state index is 0.0760. The van der Waals surface area contributed by atoms with E-state index in [1.165, 1.54) is 28.4 Å². The Kier molecular flexibility index (Phi) is 5.94. The molecule has 7 nitrogen and oxygen atoms in total. The Bertz CT molecular complexity index is 1490. The molecule has 35 heavy (non-hydrogen) atoms. The van der Waals surface area contributed by atoms with E-state index in [1.807, 2.05) is 0 Å². The maximum atomic E-state index is 14.0. The van der Waals surface area contributed by atoms with E-state index < -0.39 is 23.2 Å². The van der Waals surface area contributed by atoms with Gasteiger partial charge in [0.15, 0.2) is 5.43 Å². The van der Waals surface area contributed by atoms with Crippen LogP contribution in [0.15, 0.2) is 64.3 Å². The molecule has 0 saturated carbocycles. The number of carbonyl (C=O) groups is 1. The normalized spacial score (nSPS) is 15.1. The van der Waals surface area contributed by atoms with Crippen molar-refractivity contribution in [1.82, 2.24) is 10.2 Å². The van der Waals surface area contributed by atoms with E-state index in [9.17, 15) is 14.0 Å². The van der Waals surface area contributed by atoms with Gasteiger partial charge >= 0.3 is 0 Å². The Balaban J connectivity index is 1.68. The van der Waals surface area contributed by atoms with Crippen molar-refractivity contribution < 1.29 is 18.3 Å². The van der Waals surface area contributed by atoms with Crippen LogP contribution < -0.4 is 15.1 Å². The second kappa shape index (κ2) is 9.07. The first-order valence-electron chi connectivity index (χ1n) is 11.1. The van der Waals surface area contributed by atoms with Gasteiger partial charge < -0.3 is 9.15 Å². The molecule has 9 heteroatoms. The maximum Gasteiger partial charge on any atom is 0.297 e. The molecule has 1 aliphatic rings. The van der Waals surface area contributed by atoms with Gasteiger partial charge in [-0.1, -0.05) is 50.0 Å². The van der Waals surface area contributed by atoms with Crippen molar-refractivity contribution in [2.75, 3.05) is 11.5 Å². The summed E-state index contributed by atoms with van der Waals surface area (Å²) in [6.45, 7) is 8.14. The number of nitrogens with zero attached hydrogens (tertiary/aromatic N) is 3. The number of aromatic nitrogens is 2. The molecule has 0 radical (unpaired) electrons. The van der Waals surface area contributed by atoms with Gasteiger partial charge in [0.05, 0.1) is 17.0 Å². The Morgan fingerprint density at radius 3 is 2.69 bits per heavy atom. The van der Waals surface area contributed by atoms with Crippen molar-refractivity contribution in [1.29, 1.82) is 0 Å². The minimum atomic E-state index is -0.810. The predicted octanol–water partition coefficient (Wildman–Crippen LogP) is 5.30. The highest BCUT2D eigenvalue weighted by atomic mass is 32.1. The van der Waals surface area contributed by atoms with Crippen molar-refractivity contribution in [2.45, 2.75) is 26.3 Å². The van der Waals surface area contributed by atoms with Gasteiger partial charge in [-0.05, 0) is 41.8 Å². The Morgan fingerprint density at radius 1 is 1.20 bits per heavy atom. The van der Waals surface area contributed by atoms with Crippen molar-refractivity contribution in [3.63, 3.8) is 0 Å². The summed E-state index contributed by atoms with van der Waals surface area (Å²) in [5.74, 6) is -0.148. The number of ether oxygens (including phenoxy) is 1. The van der Waals surface area contributed by atoms with Crippen molar-refractivity contribution in [3.05, 3.63) is 93.1 Å². The van der Waals surface area contributed by atoms with Gasteiger partial charge in [0.25, 0.3) is 5.91 Å². The lowest BCUT2D eigenvalue weighted by atomic mass is 9.98. The highest BCUT2D eigenvalue weighted by molar-refractivity contribution is 7.15. The fourth-order valence-electron chi connectivity index (χ4n) is 4.13. The number of anilines is 1. The average Bonchev–Trinajstić information content (AvgIpc) is 3.40. The molecule has 178 valence electrons. The molecule has 3 heterocycles. The van der Waals surface area contributed by atoms with Crippen molar-refractivity contribution in [2.24, 2.45) is 5.92 Å². The summed E-state index contributed by atoms with van der Waals surface area (Å²) in [7, 11) is 0. The molecule has 5 rings (SSSR count). The molecule has 2 aromatic heterocycles. The van der Waals surface area contributed by atoms with E-state index in [0.29, 0.717) is 35.4 Å². The molecule has 4 aromatic rings. The topological polar surface area (TPSA) is 85.5 Å². The number of amides is 1. The highest BCUT2D eigenvalue weighted by Crippen LogP contribution is 2.42. The van der Waals surface area contributed by atoms with E-state index in [2.05, 4.69) is 30.6 Å². The number of fused-ring (bicyclic) bond motifs is 2. The molecule has 0 aliphatic carbocycles. The molecule has 2 aromatic carbocycles. The average molecular weight is 492 g/mol. The van der Waals surface area contributed by atoms with Crippen LogP contribution in [0.3, 0.4) is 0 Å². The van der Waals surface area contributed by atoms with Crippen LogP contribution in [-0.2, 0) is 6.42 Å². The summed E-state index contributed by atoms with van der Waals surface area (Å²) in [4.78, 5) is 28.6. The van der Waals surface area contributed by atoms with Gasteiger partial charge in [0.2, 0.25) is 10.9 Å². The van der Waals surface area contributed by atoms with Crippen LogP contribution >= 0.6 is 11.3 Å². The van der Waals surface area contributed by atoms with Crippen LogP contribution in [0, 0.1) is 11.7 Å². The lowest BCUT2D eigenvalue weighted by Crippen LogP contribution is -2.29. The maximum absolute atomic E-state index is 14.0. The number of hydrogen-bond donors (Lipinski definition) is 0. The van der Waals surface area contributed by atoms with Crippen LogP contribution in [0.4, 0.5) is 9.52 Å². The Morgan fingerprint density at radius 2 is 1.97 bits per heavy atom. The van der Waals surface area contributed by atoms with E-state index in [1.54, 1.807) is 30.3 Å². The van der Waals surface area contributed by atoms with Crippen LogP contribution in [0.25, 0.3) is 11.0 Å². The van der Waals surface area contributed by atoms with E-state index in [-0.39, 0.29) is 22.3 Å². The van der Waals surface area contributed by atoms with Gasteiger partial charge in [0.1, 0.15) is 28.8 Å². The van der Waals surface area contributed by atoms with Crippen molar-refractivity contribution in [3.8, 4) is 5.75 Å². The number of carbonyl (C=O) groups excluding carboxylic acids is 1. The molecule has 1 unspecified atom stereocenters. The summed E-state index contributed by atoms with van der Waals surface area (Å²) in [6.07, 6.45) is 2.36. The van der Waals surface area contributed by atoms with Crippen molar-refractivity contribution >= 4 is 33.3 Å². The first kappa shape index (κ1) is 22.9. The Hall–Kier alpha value is -3.85. The van der Waals surface area contributed by atoms with E-state index in [0.717, 1.165) is 11.1 Å². The first-order valence-corrected chi connectivity index (χ1v) is 11.9. The fraction of sp³-hybridized carbons (Fsp3) is 0.231. The quantitative estimate of drug-likeness (QED) is 0.326. The zero-order valence-corrected chi connectivity index (χ0v) is 20.0. The van der Waals surface area contributed by atoms with E-state index in [4.69, 9.17) is 9.15 Å². The molecule has 1 atom stereocenters. The van der Waals surface area contributed by atoms with Crippen LogP contribution in [-0.4, -0.2) is 22.7 Å². The highest BCUT2D eigenvalue weighted by Gasteiger charge is 2.45. The predicted molar refractivity (Wildman–Crippen MR) is 132 cm³/mol. The number of rotatable bonds is 7. The molecule has 0 spiro atoms. The standard InChI is InChI=1S/C26H22FN3O4S/c1-4-11-33-17-8-5-15(6-9-17)22-21-23(31)18-13-16(27)7-10-19(18)34-24(21)25(32)30(22)26-29-28-20(35-26)12-14(2)3/h4-10,13-14,22H,1,11-12H2,2-3H3. The summed E-state index contributed by atoms with van der Waals surface area (Å²) in [6, 6.07) is 9.94. The van der Waals surface area contributed by atoms with Gasteiger partial charge in [-0.2, -0.15) is 0 Å². The van der Waals surface area contributed by atoms with Gasteiger partial charge in [-0.3, -0.25) is 14.5 Å². The SMILES string of the molecule is C=CCOc1ccc(C2c3c(oc4ccc(F)cc4c3=O)C(=O)N2c2nnc(CC(C)C)s2)cc1. The summed E-state index contributed by atoms with van der Waals surface area (Å²) in [5.41, 5.74) is 0.496. The van der Waals surface area contributed by atoms with Crippen LogP contribution in [0.2, 0.25) is 0 Å². The third kappa shape index (κ3) is 4.12. The Labute approximate surface area is 204 Å². The summed E-state index contributed by atoms with van der Waals surface area (Å²) in [5, 5.41) is 9.75. The summed E-state index contributed by atoms with van der Waals surface area (Å²) < 4.78 is 25.4. The third-order valence-electron chi connectivity index (χ3n) is 5.64. The van der Waals surface area contributed by atoms with Crippen LogP contribution in [0.5, 0.6) is 5.75 Å². The second-order valence-electron chi connectivity index (χ2n) is 8.64. The number of halogens is 1. The largest absolute Gasteiger partial charge is 0.490 e. The minimum Gasteiger partial charge on any atom is -0.490 e. The van der Waals surface area contributed by atoms with Crippen LogP contribution in [0.1, 0.15) is 46.6 Å². The lowest BCUT2D eigenvalue weighted by Gasteiger charge is -2.22. The molecular formula is C26H22FN3O4S. The molecule has 0 saturated heterocycles. The smallest absolute Gasteiger partial charge is 0.297 e. The zero-order chi connectivity index (χ0) is 24.7. The zero-order valence-electron chi connectivity index (χ0n) is 19.2.